The first-order valence-electron chi connectivity index (χ1n) is 12.3. The predicted octanol–water partition coefficient (Wildman–Crippen LogP) is 2.61. The monoisotopic (exact) mass is 472 g/mol. The number of urea groups is 1. The summed E-state index contributed by atoms with van der Waals surface area (Å²) in [6.45, 7) is 3.87. The Labute approximate surface area is 201 Å². The summed E-state index contributed by atoms with van der Waals surface area (Å²) >= 11 is 0. The molecule has 34 heavy (non-hydrogen) atoms. The van der Waals surface area contributed by atoms with Crippen LogP contribution in [0.4, 0.5) is 10.5 Å². The van der Waals surface area contributed by atoms with Gasteiger partial charge in [0.2, 0.25) is 11.7 Å². The summed E-state index contributed by atoms with van der Waals surface area (Å²) in [7, 11) is 0. The zero-order valence-corrected chi connectivity index (χ0v) is 19.9. The van der Waals surface area contributed by atoms with Gasteiger partial charge in [0.1, 0.15) is 5.54 Å². The lowest BCUT2D eigenvalue weighted by atomic mass is 9.80. The Morgan fingerprint density at radius 3 is 2.35 bits per heavy atom. The first-order chi connectivity index (χ1) is 16.4. The van der Waals surface area contributed by atoms with Gasteiger partial charge in [-0.1, -0.05) is 57.2 Å². The van der Waals surface area contributed by atoms with E-state index in [1.165, 1.54) is 0 Å². The lowest BCUT2D eigenvalue weighted by molar-refractivity contribution is -0.138. The van der Waals surface area contributed by atoms with Gasteiger partial charge in [-0.2, -0.15) is 0 Å². The smallest absolute Gasteiger partial charge is 0.318 e. The zero-order valence-electron chi connectivity index (χ0n) is 19.9. The maximum Gasteiger partial charge on any atom is 0.318 e. The van der Waals surface area contributed by atoms with E-state index >= 15 is 0 Å². The number of unbranched alkanes of at least 4 members (excludes halogenated alkanes) is 1. The topological polar surface area (TPSA) is 117 Å². The van der Waals surface area contributed by atoms with E-state index in [4.69, 9.17) is 4.74 Å². The van der Waals surface area contributed by atoms with Crippen molar-refractivity contribution in [1.29, 1.82) is 0 Å². The fraction of sp³-hybridized carbons (Fsp3) is 0.600. The molecule has 2 aliphatic rings. The van der Waals surface area contributed by atoms with Crippen LogP contribution in [0.15, 0.2) is 30.3 Å². The van der Waals surface area contributed by atoms with Crippen LogP contribution in [0, 0.1) is 0 Å². The molecule has 3 rings (SSSR count). The largest absolute Gasteiger partial charge is 0.378 e. The molecule has 9 nitrogen and oxygen atoms in total. The normalized spacial score (nSPS) is 18.4. The molecule has 4 amide bonds. The number of carbonyl (C=O) groups excluding carboxylic acids is 4. The van der Waals surface area contributed by atoms with Gasteiger partial charge in [0.05, 0.1) is 19.3 Å². The van der Waals surface area contributed by atoms with Crippen molar-refractivity contribution in [3.63, 3.8) is 0 Å². The highest BCUT2D eigenvalue weighted by atomic mass is 16.5. The number of nitrogens with one attached hydrogen (secondary N) is 3. The number of benzene rings is 1. The Morgan fingerprint density at radius 1 is 1.03 bits per heavy atom. The number of morpholine rings is 1. The Morgan fingerprint density at radius 2 is 1.71 bits per heavy atom. The van der Waals surface area contributed by atoms with Gasteiger partial charge < -0.3 is 25.6 Å². The third-order valence-electron chi connectivity index (χ3n) is 6.51. The Hall–Kier alpha value is -2.94. The number of hydrogen-bond acceptors (Lipinski definition) is 5. The molecule has 1 saturated carbocycles. The molecule has 1 aliphatic carbocycles. The molecule has 2 fully saturated rings. The Balaban J connectivity index is 1.71. The number of amides is 4. The molecular weight excluding hydrogens is 436 g/mol. The van der Waals surface area contributed by atoms with Crippen molar-refractivity contribution < 1.29 is 23.9 Å². The molecule has 0 bridgehead atoms. The highest BCUT2D eigenvalue weighted by molar-refractivity contribution is 6.42. The molecule has 0 aromatic heterocycles. The number of carbonyl (C=O) groups is 4. The van der Waals surface area contributed by atoms with Gasteiger partial charge in [-0.15, -0.1) is 0 Å². The number of ketones is 1. The molecule has 1 aliphatic heterocycles. The number of nitrogens with zero attached hydrogens (tertiary/aromatic N) is 1. The SMILES string of the molecule is CCCCC(NC(=O)C1(NC(=O)N2CCOCC2)CCCCC1)C(=O)C(=O)Nc1ccccc1. The van der Waals surface area contributed by atoms with Crippen molar-refractivity contribution in [2.24, 2.45) is 0 Å². The summed E-state index contributed by atoms with van der Waals surface area (Å²) in [5.41, 5.74) is -0.572. The van der Waals surface area contributed by atoms with Gasteiger partial charge in [0, 0.05) is 18.8 Å². The van der Waals surface area contributed by atoms with Crippen LogP contribution < -0.4 is 16.0 Å². The Bertz CT molecular complexity index is 848. The van der Waals surface area contributed by atoms with Crippen LogP contribution in [0.3, 0.4) is 0 Å². The lowest BCUT2D eigenvalue weighted by Crippen LogP contribution is -2.64. The number of para-hydroxylation sites is 1. The highest BCUT2D eigenvalue weighted by Crippen LogP contribution is 2.29. The molecule has 1 aromatic rings. The minimum atomic E-state index is -1.09. The van der Waals surface area contributed by atoms with Crippen molar-refractivity contribution >= 4 is 29.3 Å². The minimum absolute atomic E-state index is 0.293. The van der Waals surface area contributed by atoms with E-state index in [1.807, 2.05) is 13.0 Å². The second-order valence-corrected chi connectivity index (χ2v) is 9.03. The van der Waals surface area contributed by atoms with Gasteiger partial charge >= 0.3 is 6.03 Å². The van der Waals surface area contributed by atoms with Crippen LogP contribution in [0.2, 0.25) is 0 Å². The molecule has 9 heteroatoms. The fourth-order valence-corrected chi connectivity index (χ4v) is 4.46. The van der Waals surface area contributed by atoms with E-state index in [-0.39, 0.29) is 6.03 Å². The van der Waals surface area contributed by atoms with E-state index in [2.05, 4.69) is 16.0 Å². The summed E-state index contributed by atoms with van der Waals surface area (Å²) in [5, 5.41) is 8.42. The summed E-state index contributed by atoms with van der Waals surface area (Å²) in [6.07, 6.45) is 5.45. The third-order valence-corrected chi connectivity index (χ3v) is 6.51. The average Bonchev–Trinajstić information content (AvgIpc) is 2.87. The summed E-state index contributed by atoms with van der Waals surface area (Å²) in [6, 6.07) is 7.50. The molecule has 0 spiro atoms. The molecule has 0 radical (unpaired) electrons. The summed E-state index contributed by atoms with van der Waals surface area (Å²) < 4.78 is 5.32. The minimum Gasteiger partial charge on any atom is -0.378 e. The van der Waals surface area contributed by atoms with Gasteiger partial charge in [-0.05, 0) is 31.4 Å². The van der Waals surface area contributed by atoms with Crippen molar-refractivity contribution in [3.8, 4) is 0 Å². The van der Waals surface area contributed by atoms with Gasteiger partial charge in [-0.3, -0.25) is 14.4 Å². The van der Waals surface area contributed by atoms with Crippen molar-refractivity contribution in [1.82, 2.24) is 15.5 Å². The number of Topliss-reactive ketones (excluding diaryl/α,β-unsaturated/α-hetero) is 1. The first kappa shape index (κ1) is 25.7. The van der Waals surface area contributed by atoms with E-state index in [0.29, 0.717) is 57.7 Å². The number of ether oxygens (including phenoxy) is 1. The molecule has 1 heterocycles. The molecule has 1 saturated heterocycles. The first-order valence-corrected chi connectivity index (χ1v) is 12.3. The van der Waals surface area contributed by atoms with Crippen molar-refractivity contribution in [3.05, 3.63) is 30.3 Å². The predicted molar refractivity (Wildman–Crippen MR) is 128 cm³/mol. The summed E-state index contributed by atoms with van der Waals surface area (Å²) in [5.74, 6) is -1.84. The highest BCUT2D eigenvalue weighted by Gasteiger charge is 2.43. The quantitative estimate of drug-likeness (QED) is 0.478. The van der Waals surface area contributed by atoms with Crippen LogP contribution >= 0.6 is 0 Å². The van der Waals surface area contributed by atoms with Crippen LogP contribution in [0.1, 0.15) is 58.3 Å². The molecular formula is C25H36N4O5. The van der Waals surface area contributed by atoms with Gasteiger partial charge in [0.25, 0.3) is 5.91 Å². The zero-order chi connectivity index (χ0) is 24.4. The molecule has 186 valence electrons. The Kier molecular flexibility index (Phi) is 9.44. The average molecular weight is 473 g/mol. The molecule has 1 atom stereocenters. The van der Waals surface area contributed by atoms with E-state index < -0.39 is 29.2 Å². The van der Waals surface area contributed by atoms with Gasteiger partial charge in [-0.25, -0.2) is 4.79 Å². The second-order valence-electron chi connectivity index (χ2n) is 9.03. The maximum atomic E-state index is 13.5. The van der Waals surface area contributed by atoms with E-state index in [1.54, 1.807) is 29.2 Å². The standard InChI is InChI=1S/C25H36N4O5/c1-2-3-12-20(21(30)22(31)26-19-10-6-4-7-11-19)27-23(32)25(13-8-5-9-14-25)28-24(33)29-15-17-34-18-16-29/h4,6-7,10-11,20H,2-3,5,8-9,12-18H2,1H3,(H,26,31)(H,27,32)(H,28,33). The van der Waals surface area contributed by atoms with E-state index in [9.17, 15) is 19.2 Å². The second kappa shape index (κ2) is 12.5. The van der Waals surface area contributed by atoms with Gasteiger partial charge in [0.15, 0.2) is 0 Å². The molecule has 1 aromatic carbocycles. The lowest BCUT2D eigenvalue weighted by Gasteiger charge is -2.39. The number of rotatable bonds is 9. The van der Waals surface area contributed by atoms with E-state index in [0.717, 1.165) is 25.7 Å². The van der Waals surface area contributed by atoms with Crippen molar-refractivity contribution in [2.75, 3.05) is 31.6 Å². The number of hydrogen-bond donors (Lipinski definition) is 3. The van der Waals surface area contributed by atoms with Crippen LogP contribution in [-0.4, -0.2) is 66.4 Å². The molecule has 3 N–H and O–H groups in total. The summed E-state index contributed by atoms with van der Waals surface area (Å²) in [4.78, 5) is 53.8. The van der Waals surface area contributed by atoms with Crippen LogP contribution in [-0.2, 0) is 19.1 Å². The fourth-order valence-electron chi connectivity index (χ4n) is 4.46. The van der Waals surface area contributed by atoms with Crippen molar-refractivity contribution in [2.45, 2.75) is 69.9 Å². The van der Waals surface area contributed by atoms with Crippen LogP contribution in [0.25, 0.3) is 0 Å². The molecule has 1 unspecified atom stereocenters. The number of anilines is 1. The third kappa shape index (κ3) is 6.79. The maximum absolute atomic E-state index is 13.5. The van der Waals surface area contributed by atoms with Crippen LogP contribution in [0.5, 0.6) is 0 Å².